The van der Waals surface area contributed by atoms with Crippen molar-refractivity contribution in [3.05, 3.63) is 35.5 Å². The number of aryl methyl sites for hydroxylation is 2. The molecule has 1 aliphatic rings. The summed E-state index contributed by atoms with van der Waals surface area (Å²) in [6.45, 7) is 7.46. The van der Waals surface area contributed by atoms with Crippen LogP contribution in [0.15, 0.2) is 24.3 Å². The van der Waals surface area contributed by atoms with Crippen molar-refractivity contribution in [3.63, 3.8) is 0 Å². The molecule has 3 heteroatoms. The Bertz CT molecular complexity index is 716. The smallest absolute Gasteiger partial charge is 0.268 e. The van der Waals surface area contributed by atoms with Crippen LogP contribution in [-0.2, 0) is 6.54 Å². The van der Waals surface area contributed by atoms with Gasteiger partial charge in [-0.25, -0.2) is 0 Å². The molecule has 1 saturated carbocycles. The number of amides is 1. The maximum atomic E-state index is 13.1. The van der Waals surface area contributed by atoms with Gasteiger partial charge in [0.1, 0.15) is 5.69 Å². The van der Waals surface area contributed by atoms with Gasteiger partial charge in [0.2, 0.25) is 0 Å². The van der Waals surface area contributed by atoms with E-state index in [2.05, 4.69) is 54.9 Å². The number of para-hydroxylation sites is 1. The van der Waals surface area contributed by atoms with Gasteiger partial charge >= 0.3 is 0 Å². The van der Waals surface area contributed by atoms with Gasteiger partial charge in [-0.2, -0.15) is 0 Å². The first-order valence-corrected chi connectivity index (χ1v) is 9.52. The molecule has 1 aromatic carbocycles. The lowest BCUT2D eigenvalue weighted by Crippen LogP contribution is -2.42. The first-order valence-electron chi connectivity index (χ1n) is 9.52. The molecule has 3 rings (SSSR count). The fraction of sp³-hybridized carbons (Fsp3) is 0.571. The zero-order valence-electron chi connectivity index (χ0n) is 15.3. The Hall–Kier alpha value is -1.77. The van der Waals surface area contributed by atoms with E-state index in [1.807, 2.05) is 0 Å². The van der Waals surface area contributed by atoms with E-state index in [0.717, 1.165) is 37.1 Å². The van der Waals surface area contributed by atoms with E-state index in [1.54, 1.807) is 0 Å². The predicted octanol–water partition coefficient (Wildman–Crippen LogP) is 5.06. The van der Waals surface area contributed by atoms with E-state index < -0.39 is 0 Å². The Morgan fingerprint density at radius 2 is 2.00 bits per heavy atom. The predicted molar refractivity (Wildman–Crippen MR) is 100 cm³/mol. The second-order valence-electron chi connectivity index (χ2n) is 7.34. The van der Waals surface area contributed by atoms with Gasteiger partial charge in [0, 0.05) is 23.5 Å². The van der Waals surface area contributed by atoms with Crippen LogP contribution in [0.4, 0.5) is 0 Å². The Balaban J connectivity index is 1.94. The van der Waals surface area contributed by atoms with Crippen LogP contribution in [-0.4, -0.2) is 16.5 Å². The number of aromatic nitrogens is 1. The van der Waals surface area contributed by atoms with Crippen LogP contribution in [0.3, 0.4) is 0 Å². The Kier molecular flexibility index (Phi) is 5.27. The molecule has 1 aliphatic carbocycles. The number of rotatable bonds is 5. The molecular weight excluding hydrogens is 296 g/mol. The zero-order chi connectivity index (χ0) is 17.1. The molecule has 0 spiro atoms. The van der Waals surface area contributed by atoms with Gasteiger partial charge in [-0.05, 0) is 43.7 Å². The summed E-state index contributed by atoms with van der Waals surface area (Å²) in [7, 11) is 0. The highest BCUT2D eigenvalue weighted by atomic mass is 16.2. The summed E-state index contributed by atoms with van der Waals surface area (Å²) < 4.78 is 2.23. The van der Waals surface area contributed by atoms with E-state index in [9.17, 15) is 4.79 Å². The number of unbranched alkanes of at least 4 members (excludes halogenated alkanes) is 1. The summed E-state index contributed by atoms with van der Waals surface area (Å²) in [4.78, 5) is 13.1. The van der Waals surface area contributed by atoms with Gasteiger partial charge in [-0.3, -0.25) is 4.79 Å². The molecular formula is C21H30N2O. The van der Waals surface area contributed by atoms with Gasteiger partial charge < -0.3 is 9.88 Å². The third-order valence-electron chi connectivity index (χ3n) is 5.60. The van der Waals surface area contributed by atoms with Crippen molar-refractivity contribution in [1.29, 1.82) is 0 Å². The molecule has 1 heterocycles. The number of benzene rings is 1. The lowest BCUT2D eigenvalue weighted by Gasteiger charge is -2.29. The van der Waals surface area contributed by atoms with Crippen LogP contribution < -0.4 is 5.32 Å². The lowest BCUT2D eigenvalue weighted by atomic mass is 9.86. The number of carbonyl (C=O) groups excluding carboxylic acids is 1. The first-order chi connectivity index (χ1) is 11.6. The molecule has 0 radical (unpaired) electrons. The molecule has 3 nitrogen and oxygen atoms in total. The van der Waals surface area contributed by atoms with E-state index in [-0.39, 0.29) is 5.91 Å². The number of carbonyl (C=O) groups is 1. The highest BCUT2D eigenvalue weighted by molar-refractivity contribution is 6.01. The fourth-order valence-corrected chi connectivity index (χ4v) is 4.09. The number of fused-ring (bicyclic) bond motifs is 1. The molecule has 2 unspecified atom stereocenters. The summed E-state index contributed by atoms with van der Waals surface area (Å²) in [5.74, 6) is 0.690. The van der Waals surface area contributed by atoms with Gasteiger partial charge in [0.05, 0.1) is 0 Å². The second-order valence-corrected chi connectivity index (χ2v) is 7.34. The maximum absolute atomic E-state index is 13.1. The van der Waals surface area contributed by atoms with Crippen molar-refractivity contribution >= 4 is 16.8 Å². The molecule has 2 aromatic rings. The van der Waals surface area contributed by atoms with Crippen LogP contribution >= 0.6 is 0 Å². The molecule has 0 bridgehead atoms. The molecule has 0 aliphatic heterocycles. The zero-order valence-corrected chi connectivity index (χ0v) is 15.3. The van der Waals surface area contributed by atoms with Gasteiger partial charge in [-0.1, -0.05) is 51.3 Å². The van der Waals surface area contributed by atoms with Crippen molar-refractivity contribution in [3.8, 4) is 0 Å². The summed E-state index contributed by atoms with van der Waals surface area (Å²) >= 11 is 0. The minimum atomic E-state index is 0.110. The fourth-order valence-electron chi connectivity index (χ4n) is 4.09. The summed E-state index contributed by atoms with van der Waals surface area (Å²) in [5, 5.41) is 4.55. The summed E-state index contributed by atoms with van der Waals surface area (Å²) in [6, 6.07) is 8.72. The molecule has 0 saturated heterocycles. The second kappa shape index (κ2) is 7.42. The van der Waals surface area contributed by atoms with Crippen molar-refractivity contribution < 1.29 is 4.79 Å². The quantitative estimate of drug-likeness (QED) is 0.819. The highest BCUT2D eigenvalue weighted by Crippen LogP contribution is 2.28. The number of nitrogens with zero attached hydrogens (tertiary/aromatic N) is 1. The monoisotopic (exact) mass is 326 g/mol. The molecule has 1 aromatic heterocycles. The average Bonchev–Trinajstić information content (AvgIpc) is 2.87. The van der Waals surface area contributed by atoms with Crippen molar-refractivity contribution in [2.75, 3.05) is 0 Å². The van der Waals surface area contributed by atoms with Crippen LogP contribution in [0.2, 0.25) is 0 Å². The molecule has 1 fully saturated rings. The van der Waals surface area contributed by atoms with Gasteiger partial charge in [-0.15, -0.1) is 0 Å². The standard InChI is InChI=1S/C21H30N2O/c1-4-5-14-23-19-13-9-7-11-17(19)16(3)20(23)21(24)22-18-12-8-6-10-15(18)2/h7,9,11,13,15,18H,4-6,8,10,12,14H2,1-3H3,(H,22,24). The molecule has 1 amide bonds. The van der Waals surface area contributed by atoms with Gasteiger partial charge in [0.15, 0.2) is 0 Å². The van der Waals surface area contributed by atoms with Crippen LogP contribution in [0.25, 0.3) is 10.9 Å². The molecule has 1 N–H and O–H groups in total. The third-order valence-corrected chi connectivity index (χ3v) is 5.60. The molecule has 24 heavy (non-hydrogen) atoms. The summed E-state index contributed by atoms with van der Waals surface area (Å²) in [5.41, 5.74) is 3.16. The van der Waals surface area contributed by atoms with E-state index in [0.29, 0.717) is 12.0 Å². The SMILES string of the molecule is CCCCn1c(C(=O)NC2CCCCC2C)c(C)c2ccccc21. The topological polar surface area (TPSA) is 34.0 Å². The minimum absolute atomic E-state index is 0.110. The van der Waals surface area contributed by atoms with E-state index in [4.69, 9.17) is 0 Å². The largest absolute Gasteiger partial charge is 0.348 e. The first kappa shape index (κ1) is 17.1. The van der Waals surface area contributed by atoms with Crippen molar-refractivity contribution in [2.45, 2.75) is 71.9 Å². The highest BCUT2D eigenvalue weighted by Gasteiger charge is 2.26. The Morgan fingerprint density at radius 3 is 2.75 bits per heavy atom. The van der Waals surface area contributed by atoms with Crippen molar-refractivity contribution in [2.24, 2.45) is 5.92 Å². The average molecular weight is 326 g/mol. The lowest BCUT2D eigenvalue weighted by molar-refractivity contribution is 0.0900. The van der Waals surface area contributed by atoms with Crippen molar-refractivity contribution in [1.82, 2.24) is 9.88 Å². The van der Waals surface area contributed by atoms with E-state index in [1.165, 1.54) is 30.2 Å². The van der Waals surface area contributed by atoms with Gasteiger partial charge in [0.25, 0.3) is 5.91 Å². The minimum Gasteiger partial charge on any atom is -0.348 e. The molecule has 130 valence electrons. The Labute approximate surface area is 145 Å². The summed E-state index contributed by atoms with van der Waals surface area (Å²) in [6.07, 6.45) is 7.09. The maximum Gasteiger partial charge on any atom is 0.268 e. The third kappa shape index (κ3) is 3.22. The Morgan fingerprint density at radius 1 is 1.25 bits per heavy atom. The van der Waals surface area contributed by atoms with E-state index >= 15 is 0 Å². The number of nitrogens with one attached hydrogen (secondary N) is 1. The molecule has 2 atom stereocenters. The number of hydrogen-bond donors (Lipinski definition) is 1. The van der Waals surface area contributed by atoms with Crippen LogP contribution in [0, 0.1) is 12.8 Å². The number of hydrogen-bond acceptors (Lipinski definition) is 1. The van der Waals surface area contributed by atoms with Crippen LogP contribution in [0.1, 0.15) is 68.4 Å². The van der Waals surface area contributed by atoms with Crippen LogP contribution in [0.5, 0.6) is 0 Å². The normalized spacial score (nSPS) is 21.1.